The number of hydrazine groups is 1. The van der Waals surface area contributed by atoms with Crippen molar-refractivity contribution in [3.63, 3.8) is 0 Å². The molecule has 2 N–H and O–H groups in total. The van der Waals surface area contributed by atoms with Gasteiger partial charge in [0, 0.05) is 11.8 Å². The number of nitrogens with zero attached hydrogens (tertiary/aromatic N) is 2. The first kappa shape index (κ1) is 16.9. The van der Waals surface area contributed by atoms with Crippen molar-refractivity contribution in [2.45, 2.75) is 6.92 Å². The zero-order valence-corrected chi connectivity index (χ0v) is 14.7. The van der Waals surface area contributed by atoms with Gasteiger partial charge in [-0.3, -0.25) is 20.0 Å². The lowest BCUT2D eigenvalue weighted by Gasteiger charge is -2.27. The van der Waals surface area contributed by atoms with Crippen LogP contribution in [0.3, 0.4) is 0 Å². The molecule has 0 spiro atoms. The zero-order chi connectivity index (χ0) is 18.8. The minimum Gasteiger partial charge on any atom is -0.486 e. The lowest BCUT2D eigenvalue weighted by atomic mass is 10.2. The Balaban J connectivity index is 1.48. The van der Waals surface area contributed by atoms with Gasteiger partial charge in [-0.1, -0.05) is 17.7 Å². The quantitative estimate of drug-likeness (QED) is 0.862. The third-order valence-electron chi connectivity index (χ3n) is 4.15. The molecule has 4 rings (SSSR count). The Bertz CT molecular complexity index is 924. The van der Waals surface area contributed by atoms with Gasteiger partial charge in [-0.25, -0.2) is 5.01 Å². The molecule has 138 valence electrons. The first-order valence-corrected chi connectivity index (χ1v) is 8.52. The molecule has 0 aliphatic carbocycles. The maximum Gasteiger partial charge on any atom is 0.292 e. The van der Waals surface area contributed by atoms with Crippen molar-refractivity contribution < 1.29 is 19.1 Å². The number of hydrogen-bond donors (Lipinski definition) is 2. The third-order valence-corrected chi connectivity index (χ3v) is 4.15. The highest BCUT2D eigenvalue weighted by atomic mass is 16.6. The van der Waals surface area contributed by atoms with E-state index in [1.165, 1.54) is 5.01 Å². The van der Waals surface area contributed by atoms with Gasteiger partial charge >= 0.3 is 0 Å². The number of carbonyl (C=O) groups is 2. The number of amidine groups is 1. The Kier molecular flexibility index (Phi) is 4.37. The number of amides is 2. The first-order chi connectivity index (χ1) is 13.1. The summed E-state index contributed by atoms with van der Waals surface area (Å²) in [6.07, 6.45) is 0. The Hall–Kier alpha value is -3.55. The number of rotatable bonds is 3. The average Bonchev–Trinajstić information content (AvgIpc) is 2.69. The molecule has 2 aromatic carbocycles. The Labute approximate surface area is 155 Å². The van der Waals surface area contributed by atoms with E-state index >= 15 is 0 Å². The molecule has 2 heterocycles. The van der Waals surface area contributed by atoms with E-state index in [9.17, 15) is 9.59 Å². The van der Waals surface area contributed by atoms with E-state index in [0.29, 0.717) is 36.1 Å². The van der Waals surface area contributed by atoms with Crippen LogP contribution in [0.4, 0.5) is 11.4 Å². The molecule has 0 unspecified atom stereocenters. The van der Waals surface area contributed by atoms with E-state index in [0.717, 1.165) is 5.56 Å². The summed E-state index contributed by atoms with van der Waals surface area (Å²) in [6.45, 7) is 2.82. The molecule has 2 aromatic rings. The third kappa shape index (κ3) is 3.55. The maximum atomic E-state index is 12.6. The largest absolute Gasteiger partial charge is 0.486 e. The molecule has 8 heteroatoms. The molecule has 0 saturated heterocycles. The topological polar surface area (TPSA) is 92.3 Å². The molecular weight excluding hydrogens is 348 g/mol. The number of benzene rings is 2. The van der Waals surface area contributed by atoms with Crippen LogP contribution >= 0.6 is 0 Å². The SMILES string of the molecule is Cc1ccc(N2NC(C(=O)Nc3ccc4c(c3)OCCO4)=NCC2=O)cc1. The van der Waals surface area contributed by atoms with E-state index in [2.05, 4.69) is 15.7 Å². The second kappa shape index (κ2) is 6.99. The number of nitrogens with one attached hydrogen (secondary N) is 2. The van der Waals surface area contributed by atoms with Crippen LogP contribution in [0, 0.1) is 6.92 Å². The molecular formula is C19H18N4O4. The second-order valence-corrected chi connectivity index (χ2v) is 6.15. The summed E-state index contributed by atoms with van der Waals surface area (Å²) in [4.78, 5) is 28.8. The van der Waals surface area contributed by atoms with Gasteiger partial charge in [0.05, 0.1) is 5.69 Å². The van der Waals surface area contributed by atoms with Gasteiger partial charge in [0.15, 0.2) is 11.5 Å². The highest BCUT2D eigenvalue weighted by molar-refractivity contribution is 6.43. The summed E-state index contributed by atoms with van der Waals surface area (Å²) >= 11 is 0. The number of fused-ring (bicyclic) bond motifs is 1. The van der Waals surface area contributed by atoms with Crippen LogP contribution in [0.5, 0.6) is 11.5 Å². The van der Waals surface area contributed by atoms with Gasteiger partial charge < -0.3 is 14.8 Å². The summed E-state index contributed by atoms with van der Waals surface area (Å²) in [5.74, 6) is 0.591. The molecule has 2 aliphatic rings. The summed E-state index contributed by atoms with van der Waals surface area (Å²) in [5.41, 5.74) is 5.06. The second-order valence-electron chi connectivity index (χ2n) is 6.15. The number of ether oxygens (including phenoxy) is 2. The number of hydrogen-bond acceptors (Lipinski definition) is 6. The van der Waals surface area contributed by atoms with Gasteiger partial charge in [0.2, 0.25) is 5.84 Å². The van der Waals surface area contributed by atoms with Gasteiger partial charge in [-0.15, -0.1) is 0 Å². The van der Waals surface area contributed by atoms with Crippen molar-refractivity contribution in [2.75, 3.05) is 30.1 Å². The van der Waals surface area contributed by atoms with E-state index in [1.807, 2.05) is 31.2 Å². The lowest BCUT2D eigenvalue weighted by molar-refractivity contribution is -0.118. The van der Waals surface area contributed by atoms with Crippen LogP contribution in [-0.4, -0.2) is 37.4 Å². The van der Waals surface area contributed by atoms with Crippen LogP contribution in [0.15, 0.2) is 47.5 Å². The van der Waals surface area contributed by atoms with E-state index in [4.69, 9.17) is 9.47 Å². The fourth-order valence-corrected chi connectivity index (χ4v) is 2.76. The summed E-state index contributed by atoms with van der Waals surface area (Å²) < 4.78 is 11.0. The van der Waals surface area contributed by atoms with Crippen molar-refractivity contribution in [1.82, 2.24) is 5.43 Å². The predicted molar refractivity (Wildman–Crippen MR) is 100 cm³/mol. The van der Waals surface area contributed by atoms with Crippen molar-refractivity contribution in [1.29, 1.82) is 0 Å². The molecule has 0 fully saturated rings. The van der Waals surface area contributed by atoms with Crippen LogP contribution in [-0.2, 0) is 9.59 Å². The molecule has 2 amide bonds. The molecule has 0 bridgehead atoms. The number of carbonyl (C=O) groups excluding carboxylic acids is 2. The molecule has 0 aromatic heterocycles. The zero-order valence-electron chi connectivity index (χ0n) is 14.7. The van der Waals surface area contributed by atoms with Crippen LogP contribution in [0.1, 0.15) is 5.56 Å². The molecule has 0 radical (unpaired) electrons. The number of anilines is 2. The normalized spacial score (nSPS) is 15.7. The predicted octanol–water partition coefficient (Wildman–Crippen LogP) is 1.65. The van der Waals surface area contributed by atoms with E-state index in [-0.39, 0.29) is 18.3 Å². The van der Waals surface area contributed by atoms with Crippen LogP contribution < -0.4 is 25.2 Å². The highest BCUT2D eigenvalue weighted by Gasteiger charge is 2.26. The standard InChI is InChI=1S/C19H18N4O4/c1-12-2-5-14(6-3-12)23-17(24)11-20-18(22-23)19(25)21-13-4-7-15-16(10-13)27-9-8-26-15/h2-7,10H,8-9,11H2,1H3,(H,20,22)(H,21,25). The van der Waals surface area contributed by atoms with Gasteiger partial charge in [0.25, 0.3) is 11.8 Å². The fourth-order valence-electron chi connectivity index (χ4n) is 2.76. The highest BCUT2D eigenvalue weighted by Crippen LogP contribution is 2.32. The monoisotopic (exact) mass is 366 g/mol. The number of aryl methyl sites for hydroxylation is 1. The Morgan fingerprint density at radius 3 is 2.63 bits per heavy atom. The minimum absolute atomic E-state index is 0.0602. The molecule has 8 nitrogen and oxygen atoms in total. The minimum atomic E-state index is -0.448. The van der Waals surface area contributed by atoms with Gasteiger partial charge in [-0.2, -0.15) is 0 Å². The first-order valence-electron chi connectivity index (χ1n) is 8.52. The Morgan fingerprint density at radius 1 is 1.11 bits per heavy atom. The summed E-state index contributed by atoms with van der Waals surface area (Å²) in [7, 11) is 0. The summed E-state index contributed by atoms with van der Waals surface area (Å²) in [6, 6.07) is 12.6. The van der Waals surface area contributed by atoms with E-state index in [1.54, 1.807) is 18.2 Å². The van der Waals surface area contributed by atoms with Gasteiger partial charge in [0.1, 0.15) is 19.8 Å². The molecule has 0 saturated carbocycles. The maximum absolute atomic E-state index is 12.6. The van der Waals surface area contributed by atoms with E-state index < -0.39 is 5.91 Å². The lowest BCUT2D eigenvalue weighted by Crippen LogP contribution is -2.54. The molecule has 0 atom stereocenters. The van der Waals surface area contributed by atoms with Crippen molar-refractivity contribution in [2.24, 2.45) is 4.99 Å². The average molecular weight is 366 g/mol. The van der Waals surface area contributed by atoms with Gasteiger partial charge in [-0.05, 0) is 31.2 Å². The van der Waals surface area contributed by atoms with Crippen molar-refractivity contribution in [3.8, 4) is 11.5 Å². The smallest absolute Gasteiger partial charge is 0.292 e. The fraction of sp³-hybridized carbons (Fsp3) is 0.211. The van der Waals surface area contributed by atoms with Crippen LogP contribution in [0.2, 0.25) is 0 Å². The number of aliphatic imine (C=N–C) groups is 1. The molecule has 2 aliphatic heterocycles. The van der Waals surface area contributed by atoms with Crippen molar-refractivity contribution in [3.05, 3.63) is 48.0 Å². The van der Waals surface area contributed by atoms with Crippen LogP contribution in [0.25, 0.3) is 0 Å². The molecule has 27 heavy (non-hydrogen) atoms. The Morgan fingerprint density at radius 2 is 1.85 bits per heavy atom. The summed E-state index contributed by atoms with van der Waals surface area (Å²) in [5, 5.41) is 4.08. The van der Waals surface area contributed by atoms with Crippen molar-refractivity contribution >= 4 is 29.0 Å².